The highest BCUT2D eigenvalue weighted by Crippen LogP contribution is 2.20. The van der Waals surface area contributed by atoms with E-state index >= 15 is 0 Å². The van der Waals surface area contributed by atoms with E-state index in [0.717, 1.165) is 0 Å². The van der Waals surface area contributed by atoms with Gasteiger partial charge in [0.05, 0.1) is 10.0 Å². The smallest absolute Gasteiger partial charge is 0.160 e. The minimum Gasteiger partial charge on any atom is -0.204 e. The maximum Gasteiger partial charge on any atom is 0.160 e. The van der Waals surface area contributed by atoms with Crippen molar-refractivity contribution in [1.29, 1.82) is 0 Å². The maximum absolute atomic E-state index is 12.4. The second kappa shape index (κ2) is 2.54. The minimum atomic E-state index is -0.586. The summed E-state index contributed by atoms with van der Waals surface area (Å²) in [7, 11) is 0. The van der Waals surface area contributed by atoms with Crippen molar-refractivity contribution in [2.45, 2.75) is 0 Å². The van der Waals surface area contributed by atoms with Gasteiger partial charge in [-0.2, -0.15) is 0 Å². The van der Waals surface area contributed by atoms with Crippen LogP contribution in [0.3, 0.4) is 0 Å². The average molecular weight is 164 g/mol. The van der Waals surface area contributed by atoms with Crippen LogP contribution in [0.5, 0.6) is 0 Å². The first-order chi connectivity index (χ1) is 4.22. The maximum atomic E-state index is 12.4. The fourth-order valence-corrected chi connectivity index (χ4v) is 0.807. The van der Waals surface area contributed by atoms with Crippen molar-refractivity contribution in [3.05, 3.63) is 34.1 Å². The van der Waals surface area contributed by atoms with Gasteiger partial charge in [0, 0.05) is 0 Å². The van der Waals surface area contributed by atoms with Crippen LogP contribution in [0.25, 0.3) is 0 Å². The van der Waals surface area contributed by atoms with Gasteiger partial charge in [0.2, 0.25) is 0 Å². The number of rotatable bonds is 0. The van der Waals surface area contributed by atoms with Crippen LogP contribution in [-0.2, 0) is 0 Å². The Morgan fingerprint density at radius 1 is 1.22 bits per heavy atom. The fraction of sp³-hybridized carbons (Fsp3) is 0. The van der Waals surface area contributed by atoms with Crippen molar-refractivity contribution in [1.82, 2.24) is 0 Å². The molecule has 47 valence electrons. The van der Waals surface area contributed by atoms with Crippen molar-refractivity contribution >= 4 is 23.2 Å². The zero-order chi connectivity index (χ0) is 6.85. The Hall–Kier alpha value is -0.270. The molecule has 1 rings (SSSR count). The SMILES string of the molecule is Fc1c(Cl)c[c]cc1Cl. The highest BCUT2D eigenvalue weighted by molar-refractivity contribution is 6.34. The molecule has 9 heavy (non-hydrogen) atoms. The molecule has 0 aliphatic rings. The molecule has 1 aromatic rings. The molecule has 0 saturated heterocycles. The largest absolute Gasteiger partial charge is 0.204 e. The molecule has 0 atom stereocenters. The Morgan fingerprint density at radius 2 is 1.67 bits per heavy atom. The first kappa shape index (κ1) is 6.84. The van der Waals surface area contributed by atoms with E-state index in [1.165, 1.54) is 12.1 Å². The summed E-state index contributed by atoms with van der Waals surface area (Å²) in [6, 6.07) is 5.21. The molecule has 0 unspecified atom stereocenters. The van der Waals surface area contributed by atoms with Gasteiger partial charge in [-0.1, -0.05) is 23.2 Å². The van der Waals surface area contributed by atoms with E-state index in [4.69, 9.17) is 23.2 Å². The second-order valence-corrected chi connectivity index (χ2v) is 2.28. The van der Waals surface area contributed by atoms with E-state index in [1.807, 2.05) is 0 Å². The van der Waals surface area contributed by atoms with Crippen molar-refractivity contribution in [3.8, 4) is 0 Å². The van der Waals surface area contributed by atoms with E-state index in [-0.39, 0.29) is 10.0 Å². The van der Waals surface area contributed by atoms with Crippen LogP contribution in [-0.4, -0.2) is 0 Å². The van der Waals surface area contributed by atoms with Crippen molar-refractivity contribution in [2.75, 3.05) is 0 Å². The third-order valence-corrected chi connectivity index (χ3v) is 1.39. The van der Waals surface area contributed by atoms with Gasteiger partial charge in [0.15, 0.2) is 5.82 Å². The highest BCUT2D eigenvalue weighted by atomic mass is 35.5. The Balaban J connectivity index is 3.25. The summed E-state index contributed by atoms with van der Waals surface area (Å²) in [4.78, 5) is 0. The molecule has 3 heteroatoms. The lowest BCUT2D eigenvalue weighted by molar-refractivity contribution is 0.628. The van der Waals surface area contributed by atoms with Gasteiger partial charge >= 0.3 is 0 Å². The molecule has 0 nitrogen and oxygen atoms in total. The number of hydrogen-bond donors (Lipinski definition) is 0. The molecule has 0 aliphatic carbocycles. The minimum absolute atomic E-state index is 0.00231. The summed E-state index contributed by atoms with van der Waals surface area (Å²) < 4.78 is 12.4. The number of benzene rings is 1. The van der Waals surface area contributed by atoms with Crippen LogP contribution in [0.1, 0.15) is 0 Å². The van der Waals surface area contributed by atoms with Crippen LogP contribution in [0, 0.1) is 11.9 Å². The van der Waals surface area contributed by atoms with Crippen molar-refractivity contribution < 1.29 is 4.39 Å². The van der Waals surface area contributed by atoms with Crippen LogP contribution >= 0.6 is 23.2 Å². The molecule has 0 N–H and O–H groups in total. The Morgan fingerprint density at radius 3 is 2.00 bits per heavy atom. The first-order valence-corrected chi connectivity index (χ1v) is 2.98. The average Bonchev–Trinajstić information content (AvgIpc) is 1.83. The van der Waals surface area contributed by atoms with Crippen molar-refractivity contribution in [3.63, 3.8) is 0 Å². The molecule has 0 saturated carbocycles. The van der Waals surface area contributed by atoms with Crippen LogP contribution in [0.15, 0.2) is 12.1 Å². The van der Waals surface area contributed by atoms with E-state index in [0.29, 0.717) is 0 Å². The van der Waals surface area contributed by atoms with Gasteiger partial charge in [-0.15, -0.1) is 0 Å². The van der Waals surface area contributed by atoms with Crippen molar-refractivity contribution in [2.24, 2.45) is 0 Å². The summed E-state index contributed by atoms with van der Waals surface area (Å²) in [6.07, 6.45) is 0. The van der Waals surface area contributed by atoms with Gasteiger partial charge < -0.3 is 0 Å². The second-order valence-electron chi connectivity index (χ2n) is 1.47. The van der Waals surface area contributed by atoms with Crippen LogP contribution < -0.4 is 0 Å². The lowest BCUT2D eigenvalue weighted by Crippen LogP contribution is -1.75. The predicted molar refractivity (Wildman–Crippen MR) is 35.3 cm³/mol. The quantitative estimate of drug-likeness (QED) is 0.517. The Kier molecular flexibility index (Phi) is 1.94. The Labute approximate surface area is 62.2 Å². The molecule has 0 aromatic heterocycles. The van der Waals surface area contributed by atoms with Gasteiger partial charge in [0.25, 0.3) is 0 Å². The van der Waals surface area contributed by atoms with E-state index in [9.17, 15) is 4.39 Å². The molecule has 0 aliphatic heterocycles. The normalized spacial score (nSPS) is 9.67. The molecule has 0 bridgehead atoms. The number of hydrogen-bond acceptors (Lipinski definition) is 0. The van der Waals surface area contributed by atoms with E-state index in [2.05, 4.69) is 6.07 Å². The molecular formula is C6H2Cl2F. The lowest BCUT2D eigenvalue weighted by atomic mass is 10.3. The third kappa shape index (κ3) is 1.35. The summed E-state index contributed by atoms with van der Waals surface area (Å²) in [5.41, 5.74) is 0. The molecule has 1 aromatic carbocycles. The molecule has 0 amide bonds. The Bertz CT molecular complexity index is 202. The molecule has 0 spiro atoms. The molecule has 0 fully saturated rings. The van der Waals surface area contributed by atoms with Crippen LogP contribution in [0.4, 0.5) is 4.39 Å². The van der Waals surface area contributed by atoms with Gasteiger partial charge in [-0.25, -0.2) is 4.39 Å². The topological polar surface area (TPSA) is 0 Å². The predicted octanol–water partition coefficient (Wildman–Crippen LogP) is 2.93. The third-order valence-electron chi connectivity index (χ3n) is 0.839. The summed E-state index contributed by atoms with van der Waals surface area (Å²) in [5.74, 6) is -0.586. The lowest BCUT2D eigenvalue weighted by Gasteiger charge is -1.92. The van der Waals surface area contributed by atoms with Gasteiger partial charge in [-0.05, 0) is 18.2 Å². The van der Waals surface area contributed by atoms with Crippen LogP contribution in [0.2, 0.25) is 10.0 Å². The monoisotopic (exact) mass is 163 g/mol. The van der Waals surface area contributed by atoms with E-state index < -0.39 is 5.82 Å². The summed E-state index contributed by atoms with van der Waals surface area (Å²) in [5, 5.41) is 0.00463. The zero-order valence-corrected chi connectivity index (χ0v) is 5.80. The number of halogens is 3. The zero-order valence-electron chi connectivity index (χ0n) is 4.29. The standard InChI is InChI=1S/C6H2Cl2F/c7-4-2-1-3-5(8)6(4)9/h2-3H. The summed E-state index contributed by atoms with van der Waals surface area (Å²) in [6.45, 7) is 0. The fourth-order valence-electron chi connectivity index (χ4n) is 0.429. The van der Waals surface area contributed by atoms with Gasteiger partial charge in [0.1, 0.15) is 0 Å². The first-order valence-electron chi connectivity index (χ1n) is 2.22. The molecule has 0 heterocycles. The highest BCUT2D eigenvalue weighted by Gasteiger charge is 2.01. The molecule has 1 radical (unpaired) electrons. The molecular weight excluding hydrogens is 162 g/mol. The van der Waals surface area contributed by atoms with Gasteiger partial charge in [-0.3, -0.25) is 0 Å². The summed E-state index contributed by atoms with van der Waals surface area (Å²) >= 11 is 10.6. The van der Waals surface area contributed by atoms with E-state index in [1.54, 1.807) is 0 Å².